The molecular weight excluding hydrogens is 270 g/mol. The number of nitrogens with one attached hydrogen (secondary N) is 1. The number of anilines is 1. The Morgan fingerprint density at radius 3 is 2.85 bits per heavy atom. The lowest BCUT2D eigenvalue weighted by molar-refractivity contribution is 0.328. The average molecular weight is 296 g/mol. The Morgan fingerprint density at radius 2 is 2.15 bits per heavy atom. The van der Waals surface area contributed by atoms with Gasteiger partial charge in [0.2, 0.25) is 0 Å². The molecule has 0 radical (unpaired) electrons. The van der Waals surface area contributed by atoms with Crippen LogP contribution in [0.2, 0.25) is 5.02 Å². The lowest BCUT2D eigenvalue weighted by Crippen LogP contribution is -2.40. The van der Waals surface area contributed by atoms with Crippen molar-refractivity contribution in [1.29, 1.82) is 0 Å². The summed E-state index contributed by atoms with van der Waals surface area (Å²) in [6.07, 6.45) is 2.34. The minimum atomic E-state index is 0.540. The number of rotatable bonds is 4. The summed E-state index contributed by atoms with van der Waals surface area (Å²) in [5, 5.41) is 4.13. The summed E-state index contributed by atoms with van der Waals surface area (Å²) in [6.45, 7) is 6.49. The molecule has 1 fully saturated rings. The average Bonchev–Trinajstić information content (AvgIpc) is 2.61. The van der Waals surface area contributed by atoms with Gasteiger partial charge in [0.05, 0.1) is 10.7 Å². The van der Waals surface area contributed by atoms with Crippen molar-refractivity contribution in [3.63, 3.8) is 0 Å². The van der Waals surface area contributed by atoms with Gasteiger partial charge in [0, 0.05) is 25.7 Å². The first-order valence-corrected chi connectivity index (χ1v) is 7.92. The van der Waals surface area contributed by atoms with Gasteiger partial charge in [-0.25, -0.2) is 0 Å². The quantitative estimate of drug-likeness (QED) is 0.921. The van der Waals surface area contributed by atoms with E-state index >= 15 is 0 Å². The van der Waals surface area contributed by atoms with Crippen LogP contribution in [0.3, 0.4) is 0 Å². The van der Waals surface area contributed by atoms with E-state index in [-0.39, 0.29) is 0 Å². The summed E-state index contributed by atoms with van der Waals surface area (Å²) >= 11 is 6.53. The summed E-state index contributed by atoms with van der Waals surface area (Å²) in [4.78, 5) is 4.96. The van der Waals surface area contributed by atoms with Crippen molar-refractivity contribution in [1.82, 2.24) is 10.2 Å². The molecule has 0 bridgehead atoms. The smallest absolute Gasteiger partial charge is 0.0643 e. The third-order valence-electron chi connectivity index (χ3n) is 4.10. The third-order valence-corrected chi connectivity index (χ3v) is 4.40. The van der Waals surface area contributed by atoms with Crippen LogP contribution in [0.4, 0.5) is 5.69 Å². The molecule has 2 rings (SSSR count). The Hall–Kier alpha value is -0.770. The van der Waals surface area contributed by atoms with E-state index in [9.17, 15) is 0 Å². The van der Waals surface area contributed by atoms with E-state index in [0.29, 0.717) is 6.04 Å². The van der Waals surface area contributed by atoms with Crippen molar-refractivity contribution in [2.45, 2.75) is 32.4 Å². The number of halogens is 1. The van der Waals surface area contributed by atoms with E-state index in [0.717, 1.165) is 31.1 Å². The van der Waals surface area contributed by atoms with Gasteiger partial charge in [-0.1, -0.05) is 30.7 Å². The largest absolute Gasteiger partial charge is 0.366 e. The molecule has 0 aliphatic carbocycles. The van der Waals surface area contributed by atoms with E-state index in [2.05, 4.69) is 35.2 Å². The van der Waals surface area contributed by atoms with Crippen LogP contribution in [0, 0.1) is 0 Å². The second-order valence-electron chi connectivity index (χ2n) is 5.65. The zero-order valence-electron chi connectivity index (χ0n) is 12.8. The lowest BCUT2D eigenvalue weighted by atomic mass is 10.1. The fourth-order valence-corrected chi connectivity index (χ4v) is 3.40. The highest BCUT2D eigenvalue weighted by atomic mass is 35.5. The molecule has 1 heterocycles. The Labute approximate surface area is 127 Å². The van der Waals surface area contributed by atoms with Crippen LogP contribution in [-0.2, 0) is 6.54 Å². The molecule has 3 nitrogen and oxygen atoms in total. The summed E-state index contributed by atoms with van der Waals surface area (Å²) < 4.78 is 0. The van der Waals surface area contributed by atoms with E-state index in [1.54, 1.807) is 0 Å². The van der Waals surface area contributed by atoms with Gasteiger partial charge in [-0.2, -0.15) is 0 Å². The summed E-state index contributed by atoms with van der Waals surface area (Å²) in [5.41, 5.74) is 2.52. The zero-order valence-corrected chi connectivity index (χ0v) is 13.6. The fraction of sp³-hybridized carbons (Fsp3) is 0.625. The maximum atomic E-state index is 6.53. The van der Waals surface area contributed by atoms with Crippen LogP contribution in [-0.4, -0.2) is 44.7 Å². The molecule has 1 aromatic carbocycles. The minimum absolute atomic E-state index is 0.540. The van der Waals surface area contributed by atoms with Gasteiger partial charge in [-0.3, -0.25) is 0 Å². The molecule has 112 valence electrons. The molecule has 1 aliphatic rings. The van der Waals surface area contributed by atoms with E-state index in [4.69, 9.17) is 11.6 Å². The Morgan fingerprint density at radius 1 is 1.35 bits per heavy atom. The highest BCUT2D eigenvalue weighted by Gasteiger charge is 2.25. The molecular formula is C16H26ClN3. The Balaban J connectivity index is 2.36. The zero-order chi connectivity index (χ0) is 14.5. The van der Waals surface area contributed by atoms with Gasteiger partial charge in [-0.05, 0) is 45.1 Å². The minimum Gasteiger partial charge on any atom is -0.366 e. The van der Waals surface area contributed by atoms with Crippen molar-refractivity contribution < 1.29 is 0 Å². The molecule has 1 unspecified atom stereocenters. The third kappa shape index (κ3) is 3.46. The van der Waals surface area contributed by atoms with Crippen LogP contribution in [0.25, 0.3) is 0 Å². The number of hydrogen-bond acceptors (Lipinski definition) is 3. The van der Waals surface area contributed by atoms with Crippen molar-refractivity contribution >= 4 is 17.3 Å². The first-order chi connectivity index (χ1) is 9.67. The molecule has 20 heavy (non-hydrogen) atoms. The molecule has 4 heteroatoms. The highest BCUT2D eigenvalue weighted by molar-refractivity contribution is 6.33. The molecule has 1 N–H and O–H groups in total. The van der Waals surface area contributed by atoms with E-state index < -0.39 is 0 Å². The van der Waals surface area contributed by atoms with Crippen LogP contribution >= 0.6 is 11.6 Å². The number of benzene rings is 1. The van der Waals surface area contributed by atoms with Crippen LogP contribution in [0.5, 0.6) is 0 Å². The van der Waals surface area contributed by atoms with Gasteiger partial charge in [0.25, 0.3) is 0 Å². The SMILES string of the molecule is CCC1CN(C)CCCN1c1c(Cl)cccc1CNC. The Bertz CT molecular complexity index is 436. The normalized spacial score (nSPS) is 21.0. The van der Waals surface area contributed by atoms with Crippen LogP contribution < -0.4 is 10.2 Å². The maximum absolute atomic E-state index is 6.53. The molecule has 1 aliphatic heterocycles. The van der Waals surface area contributed by atoms with Crippen LogP contribution in [0.15, 0.2) is 18.2 Å². The van der Waals surface area contributed by atoms with Crippen molar-refractivity contribution in [3.8, 4) is 0 Å². The second-order valence-corrected chi connectivity index (χ2v) is 6.06. The van der Waals surface area contributed by atoms with Crippen LogP contribution in [0.1, 0.15) is 25.3 Å². The van der Waals surface area contributed by atoms with Crippen molar-refractivity contribution in [2.24, 2.45) is 0 Å². The second kappa shape index (κ2) is 7.30. The Kier molecular flexibility index (Phi) is 5.70. The molecule has 0 spiro atoms. The van der Waals surface area contributed by atoms with Crippen molar-refractivity contribution in [2.75, 3.05) is 38.6 Å². The van der Waals surface area contributed by atoms with E-state index in [1.807, 2.05) is 19.2 Å². The summed E-state index contributed by atoms with van der Waals surface area (Å²) in [5.74, 6) is 0. The molecule has 1 saturated heterocycles. The molecule has 0 saturated carbocycles. The number of nitrogens with zero attached hydrogens (tertiary/aromatic N) is 2. The molecule has 0 aromatic heterocycles. The molecule has 1 atom stereocenters. The fourth-order valence-electron chi connectivity index (χ4n) is 3.10. The first-order valence-electron chi connectivity index (χ1n) is 7.54. The van der Waals surface area contributed by atoms with Gasteiger partial charge >= 0.3 is 0 Å². The molecule has 0 amide bonds. The highest BCUT2D eigenvalue weighted by Crippen LogP contribution is 2.33. The lowest BCUT2D eigenvalue weighted by Gasteiger charge is -2.34. The van der Waals surface area contributed by atoms with Gasteiger partial charge in [-0.15, -0.1) is 0 Å². The number of hydrogen-bond donors (Lipinski definition) is 1. The van der Waals surface area contributed by atoms with Crippen molar-refractivity contribution in [3.05, 3.63) is 28.8 Å². The number of likely N-dealkylation sites (N-methyl/N-ethyl adjacent to an activating group) is 1. The number of para-hydroxylation sites is 1. The first kappa shape index (κ1) is 15.6. The van der Waals surface area contributed by atoms with Gasteiger partial charge < -0.3 is 15.1 Å². The monoisotopic (exact) mass is 295 g/mol. The summed E-state index contributed by atoms with van der Waals surface area (Å²) in [6, 6.07) is 6.78. The predicted molar refractivity (Wildman–Crippen MR) is 87.8 cm³/mol. The maximum Gasteiger partial charge on any atom is 0.0643 e. The topological polar surface area (TPSA) is 18.5 Å². The standard InChI is InChI=1S/C16H26ClN3/c1-4-14-12-19(3)9-6-10-20(14)16-13(11-18-2)7-5-8-15(16)17/h5,7-8,14,18H,4,6,9-12H2,1-3H3. The van der Waals surface area contributed by atoms with E-state index in [1.165, 1.54) is 24.2 Å². The predicted octanol–water partition coefficient (Wildman–Crippen LogP) is 2.98. The molecule has 1 aromatic rings. The summed E-state index contributed by atoms with van der Waals surface area (Å²) in [7, 11) is 4.20. The van der Waals surface area contributed by atoms with Gasteiger partial charge in [0.15, 0.2) is 0 Å². The van der Waals surface area contributed by atoms with Gasteiger partial charge in [0.1, 0.15) is 0 Å².